The van der Waals surface area contributed by atoms with Crippen LogP contribution < -0.4 is 10.2 Å². The van der Waals surface area contributed by atoms with Gasteiger partial charge >= 0.3 is 0 Å². The zero-order valence-corrected chi connectivity index (χ0v) is 14.3. The normalized spacial score (nSPS) is 16.8. The Morgan fingerprint density at radius 1 is 1.33 bits per heavy atom. The minimum absolute atomic E-state index is 0.119. The lowest BCUT2D eigenvalue weighted by Gasteiger charge is -2.25. The van der Waals surface area contributed by atoms with Crippen molar-refractivity contribution in [2.75, 3.05) is 11.5 Å². The summed E-state index contributed by atoms with van der Waals surface area (Å²) in [5, 5.41) is 12.1. The van der Waals surface area contributed by atoms with E-state index in [1.165, 1.54) is 11.3 Å². The van der Waals surface area contributed by atoms with Gasteiger partial charge in [0, 0.05) is 17.9 Å². The quantitative estimate of drug-likeness (QED) is 0.907. The van der Waals surface area contributed by atoms with Gasteiger partial charge in [-0.3, -0.25) is 4.79 Å². The molecule has 1 aromatic carbocycles. The Bertz CT molecular complexity index is 741. The number of carbonyl (C=O) groups excluding carboxylic acids is 1. The molecule has 0 spiro atoms. The molecule has 0 radical (unpaired) electrons. The molecule has 2 N–H and O–H groups in total. The fourth-order valence-electron chi connectivity index (χ4n) is 3.00. The van der Waals surface area contributed by atoms with Gasteiger partial charge in [-0.05, 0) is 51.0 Å². The number of aromatic nitrogens is 1. The van der Waals surface area contributed by atoms with Crippen molar-refractivity contribution >= 4 is 17.4 Å². The number of anilines is 2. The second kappa shape index (κ2) is 6.24. The van der Waals surface area contributed by atoms with E-state index in [1.807, 2.05) is 12.1 Å². The first-order valence-corrected chi connectivity index (χ1v) is 8.18. The summed E-state index contributed by atoms with van der Waals surface area (Å²) in [5.74, 6) is 0.605. The molecule has 1 atom stereocenters. The van der Waals surface area contributed by atoms with Crippen LogP contribution in [-0.4, -0.2) is 34.2 Å². The Morgan fingerprint density at radius 2 is 2.08 bits per heavy atom. The van der Waals surface area contributed by atoms with Gasteiger partial charge in [0.2, 0.25) is 0 Å². The maximum absolute atomic E-state index is 12.2. The number of amides is 1. The van der Waals surface area contributed by atoms with Gasteiger partial charge in [-0.1, -0.05) is 18.2 Å². The van der Waals surface area contributed by atoms with E-state index in [9.17, 15) is 9.90 Å². The summed E-state index contributed by atoms with van der Waals surface area (Å²) in [6.45, 7) is 5.60. The number of benzene rings is 1. The van der Waals surface area contributed by atoms with Crippen molar-refractivity contribution in [3.8, 4) is 0 Å². The summed E-state index contributed by atoms with van der Waals surface area (Å²) in [4.78, 5) is 18.9. The molecule has 3 rings (SSSR count). The molecule has 0 fully saturated rings. The molecule has 2 aromatic rings. The van der Waals surface area contributed by atoms with Crippen molar-refractivity contribution in [3.63, 3.8) is 0 Å². The third-order valence-electron chi connectivity index (χ3n) is 4.31. The van der Waals surface area contributed by atoms with Crippen LogP contribution in [0.5, 0.6) is 0 Å². The number of fused-ring (bicyclic) bond motifs is 1. The molecule has 5 nitrogen and oxygen atoms in total. The molecule has 1 unspecified atom stereocenters. The predicted molar refractivity (Wildman–Crippen MR) is 94.6 cm³/mol. The van der Waals surface area contributed by atoms with Gasteiger partial charge in [-0.2, -0.15) is 0 Å². The molecule has 0 bridgehead atoms. The van der Waals surface area contributed by atoms with Gasteiger partial charge in [0.15, 0.2) is 0 Å². The Morgan fingerprint density at radius 3 is 2.75 bits per heavy atom. The van der Waals surface area contributed by atoms with Crippen LogP contribution in [-0.2, 0) is 6.42 Å². The number of hydrogen-bond donors (Lipinski definition) is 2. The molecule has 5 heteroatoms. The standard InChI is InChI=1S/C19H23N3O2/c1-13-10-14-6-4-5-7-16(14)22(13)17-9-8-15(11-20-17)18(24)21-19(2,3)12-23/h4-9,11,13,23H,10,12H2,1-3H3,(H,21,24). The number of aliphatic hydroxyl groups is 1. The van der Waals surface area contributed by atoms with Gasteiger partial charge in [0.1, 0.15) is 5.82 Å². The van der Waals surface area contributed by atoms with Gasteiger partial charge in [0.05, 0.1) is 17.7 Å². The number of aliphatic hydroxyl groups excluding tert-OH is 1. The van der Waals surface area contributed by atoms with Crippen molar-refractivity contribution in [3.05, 3.63) is 53.7 Å². The van der Waals surface area contributed by atoms with E-state index in [4.69, 9.17) is 0 Å². The van der Waals surface area contributed by atoms with E-state index >= 15 is 0 Å². The van der Waals surface area contributed by atoms with Crippen LogP contribution in [0.2, 0.25) is 0 Å². The maximum atomic E-state index is 12.2. The van der Waals surface area contributed by atoms with E-state index in [2.05, 4.69) is 40.3 Å². The maximum Gasteiger partial charge on any atom is 0.253 e. The lowest BCUT2D eigenvalue weighted by molar-refractivity contribution is 0.0869. The van der Waals surface area contributed by atoms with Crippen LogP contribution in [0.1, 0.15) is 36.7 Å². The molecular formula is C19H23N3O2. The third kappa shape index (κ3) is 3.12. The highest BCUT2D eigenvalue weighted by atomic mass is 16.3. The highest BCUT2D eigenvalue weighted by molar-refractivity contribution is 5.94. The second-order valence-electron chi connectivity index (χ2n) is 6.95. The number of rotatable bonds is 4. The largest absolute Gasteiger partial charge is 0.394 e. The summed E-state index contributed by atoms with van der Waals surface area (Å²) in [7, 11) is 0. The van der Waals surface area contributed by atoms with Crippen LogP contribution in [0.25, 0.3) is 0 Å². The minimum atomic E-state index is -0.655. The Balaban J connectivity index is 1.82. The summed E-state index contributed by atoms with van der Waals surface area (Å²) >= 11 is 0. The van der Waals surface area contributed by atoms with Crippen LogP contribution in [0.3, 0.4) is 0 Å². The first kappa shape index (κ1) is 16.5. The number of nitrogens with zero attached hydrogens (tertiary/aromatic N) is 2. The average Bonchev–Trinajstić information content (AvgIpc) is 2.90. The Kier molecular flexibility index (Phi) is 4.28. The first-order valence-electron chi connectivity index (χ1n) is 8.18. The van der Waals surface area contributed by atoms with Crippen molar-refractivity contribution in [2.45, 2.75) is 38.8 Å². The Labute approximate surface area is 142 Å². The lowest BCUT2D eigenvalue weighted by atomic mass is 10.1. The number of para-hydroxylation sites is 1. The zero-order chi connectivity index (χ0) is 17.3. The molecule has 0 aliphatic carbocycles. The van der Waals surface area contributed by atoms with Crippen LogP contribution >= 0.6 is 0 Å². The molecule has 2 heterocycles. The molecule has 1 aromatic heterocycles. The van der Waals surface area contributed by atoms with Gasteiger partial charge < -0.3 is 15.3 Å². The molecule has 1 aliphatic rings. The van der Waals surface area contributed by atoms with Crippen molar-refractivity contribution < 1.29 is 9.90 Å². The highest BCUT2D eigenvalue weighted by Gasteiger charge is 2.28. The second-order valence-corrected chi connectivity index (χ2v) is 6.95. The number of nitrogens with one attached hydrogen (secondary N) is 1. The molecule has 1 amide bonds. The van der Waals surface area contributed by atoms with Gasteiger partial charge in [-0.25, -0.2) is 4.98 Å². The van der Waals surface area contributed by atoms with Crippen molar-refractivity contribution in [1.29, 1.82) is 0 Å². The summed E-state index contributed by atoms with van der Waals surface area (Å²) < 4.78 is 0. The number of pyridine rings is 1. The van der Waals surface area contributed by atoms with E-state index in [1.54, 1.807) is 26.1 Å². The average molecular weight is 325 g/mol. The van der Waals surface area contributed by atoms with E-state index in [-0.39, 0.29) is 12.5 Å². The molecule has 0 saturated carbocycles. The Hall–Kier alpha value is -2.40. The third-order valence-corrected chi connectivity index (χ3v) is 4.31. The van der Waals surface area contributed by atoms with E-state index in [0.29, 0.717) is 11.6 Å². The van der Waals surface area contributed by atoms with Gasteiger partial charge in [-0.15, -0.1) is 0 Å². The van der Waals surface area contributed by atoms with Crippen LogP contribution in [0.15, 0.2) is 42.6 Å². The number of carbonyl (C=O) groups is 1. The van der Waals surface area contributed by atoms with Crippen molar-refractivity contribution in [2.24, 2.45) is 0 Å². The topological polar surface area (TPSA) is 65.5 Å². The monoisotopic (exact) mass is 325 g/mol. The smallest absolute Gasteiger partial charge is 0.253 e. The van der Waals surface area contributed by atoms with E-state index in [0.717, 1.165) is 12.2 Å². The van der Waals surface area contributed by atoms with E-state index < -0.39 is 5.54 Å². The number of hydrogen-bond acceptors (Lipinski definition) is 4. The van der Waals surface area contributed by atoms with Gasteiger partial charge in [0.25, 0.3) is 5.91 Å². The first-order chi connectivity index (χ1) is 11.4. The van der Waals surface area contributed by atoms with Crippen molar-refractivity contribution in [1.82, 2.24) is 10.3 Å². The predicted octanol–water partition coefficient (Wildman–Crippen LogP) is 2.67. The van der Waals surface area contributed by atoms with Crippen LogP contribution in [0.4, 0.5) is 11.5 Å². The fraction of sp³-hybridized carbons (Fsp3) is 0.368. The molecule has 24 heavy (non-hydrogen) atoms. The molecule has 0 saturated heterocycles. The summed E-state index contributed by atoms with van der Waals surface area (Å²) in [6, 6.07) is 12.3. The highest BCUT2D eigenvalue weighted by Crippen LogP contribution is 2.36. The molecule has 126 valence electrons. The summed E-state index contributed by atoms with van der Waals surface area (Å²) in [6.07, 6.45) is 2.58. The van der Waals surface area contributed by atoms with Crippen LogP contribution in [0, 0.1) is 0 Å². The lowest BCUT2D eigenvalue weighted by Crippen LogP contribution is -2.46. The molecular weight excluding hydrogens is 302 g/mol. The zero-order valence-electron chi connectivity index (χ0n) is 14.3. The summed E-state index contributed by atoms with van der Waals surface area (Å²) in [5.41, 5.74) is 2.33. The SMILES string of the molecule is CC1Cc2ccccc2N1c1ccc(C(=O)NC(C)(C)CO)cn1. The minimum Gasteiger partial charge on any atom is -0.394 e. The fourth-order valence-corrected chi connectivity index (χ4v) is 3.00. The molecule has 1 aliphatic heterocycles.